The summed E-state index contributed by atoms with van der Waals surface area (Å²) in [5, 5.41) is 0. The fourth-order valence-corrected chi connectivity index (χ4v) is 4.06. The van der Waals surface area contributed by atoms with Crippen LogP contribution in [0.25, 0.3) is 0 Å². The number of rotatable bonds is 5. The monoisotopic (exact) mass is 351 g/mol. The molecule has 2 heterocycles. The SMILES string of the molecule is CC(=O)c1c(C)cc(C)c(CN2CCN(Cc3ccccn3)CC2)c1C. The van der Waals surface area contributed by atoms with Crippen LogP contribution in [-0.4, -0.2) is 46.7 Å². The third-order valence-electron chi connectivity index (χ3n) is 5.44. The van der Waals surface area contributed by atoms with Crippen molar-refractivity contribution < 1.29 is 4.79 Å². The Bertz CT molecular complexity index is 778. The molecule has 1 aromatic heterocycles. The number of aromatic nitrogens is 1. The Balaban J connectivity index is 1.65. The van der Waals surface area contributed by atoms with Crippen LogP contribution >= 0.6 is 0 Å². The van der Waals surface area contributed by atoms with Gasteiger partial charge in [-0.3, -0.25) is 19.6 Å². The topological polar surface area (TPSA) is 36.4 Å². The smallest absolute Gasteiger partial charge is 0.160 e. The average Bonchev–Trinajstić information content (AvgIpc) is 2.60. The van der Waals surface area contributed by atoms with E-state index in [1.54, 1.807) is 6.92 Å². The number of benzene rings is 1. The summed E-state index contributed by atoms with van der Waals surface area (Å²) in [6.45, 7) is 14.0. The number of Topliss-reactive ketones (excluding diaryl/α,β-unsaturated/α-hetero) is 1. The largest absolute Gasteiger partial charge is 0.297 e. The zero-order valence-corrected chi connectivity index (χ0v) is 16.4. The quantitative estimate of drug-likeness (QED) is 0.772. The minimum Gasteiger partial charge on any atom is -0.297 e. The highest BCUT2D eigenvalue weighted by atomic mass is 16.1. The summed E-state index contributed by atoms with van der Waals surface area (Å²) in [7, 11) is 0. The normalized spacial score (nSPS) is 16.0. The first-order chi connectivity index (χ1) is 12.5. The first-order valence-electron chi connectivity index (χ1n) is 9.41. The minimum absolute atomic E-state index is 0.168. The maximum Gasteiger partial charge on any atom is 0.160 e. The molecule has 0 amide bonds. The highest BCUT2D eigenvalue weighted by Crippen LogP contribution is 2.24. The van der Waals surface area contributed by atoms with E-state index in [0.29, 0.717) is 0 Å². The first-order valence-corrected chi connectivity index (χ1v) is 9.41. The highest BCUT2D eigenvalue weighted by Gasteiger charge is 2.20. The Hall–Kier alpha value is -2.04. The number of hydrogen-bond acceptors (Lipinski definition) is 4. The summed E-state index contributed by atoms with van der Waals surface area (Å²) in [5.41, 5.74) is 6.90. The number of hydrogen-bond donors (Lipinski definition) is 0. The number of carbonyl (C=O) groups is 1. The van der Waals surface area contributed by atoms with E-state index in [0.717, 1.165) is 61.7 Å². The number of carbonyl (C=O) groups excluding carboxylic acids is 1. The molecule has 1 aliphatic rings. The molecule has 0 radical (unpaired) electrons. The van der Waals surface area contributed by atoms with E-state index in [1.807, 2.05) is 25.3 Å². The zero-order valence-electron chi connectivity index (χ0n) is 16.4. The average molecular weight is 351 g/mol. The number of pyridine rings is 1. The van der Waals surface area contributed by atoms with Crippen LogP contribution in [0.4, 0.5) is 0 Å². The molecular formula is C22H29N3O. The van der Waals surface area contributed by atoms with Crippen LogP contribution in [-0.2, 0) is 13.1 Å². The van der Waals surface area contributed by atoms with E-state index < -0.39 is 0 Å². The second-order valence-electron chi connectivity index (χ2n) is 7.42. The number of piperazine rings is 1. The van der Waals surface area contributed by atoms with Gasteiger partial charge in [-0.1, -0.05) is 12.1 Å². The standard InChI is InChI=1S/C22H29N3O/c1-16-13-17(2)22(19(4)26)18(3)21(16)15-25-11-9-24(10-12-25)14-20-7-5-6-8-23-20/h5-8,13H,9-12,14-15H2,1-4H3. The minimum atomic E-state index is 0.168. The molecular weight excluding hydrogens is 322 g/mol. The fourth-order valence-electron chi connectivity index (χ4n) is 4.06. The molecule has 0 N–H and O–H groups in total. The van der Waals surface area contributed by atoms with E-state index in [4.69, 9.17) is 0 Å². The van der Waals surface area contributed by atoms with Gasteiger partial charge in [-0.15, -0.1) is 0 Å². The number of nitrogens with zero attached hydrogens (tertiary/aromatic N) is 3. The first kappa shape index (κ1) is 18.7. The van der Waals surface area contributed by atoms with Crippen LogP contribution in [0.1, 0.15) is 45.2 Å². The molecule has 0 atom stereocenters. The molecule has 0 spiro atoms. The third-order valence-corrected chi connectivity index (χ3v) is 5.44. The van der Waals surface area contributed by atoms with Crippen molar-refractivity contribution in [2.45, 2.75) is 40.8 Å². The van der Waals surface area contributed by atoms with Gasteiger partial charge in [-0.05, 0) is 62.1 Å². The van der Waals surface area contributed by atoms with Gasteiger partial charge >= 0.3 is 0 Å². The molecule has 1 saturated heterocycles. The fraction of sp³-hybridized carbons (Fsp3) is 0.455. The van der Waals surface area contributed by atoms with Crippen LogP contribution < -0.4 is 0 Å². The van der Waals surface area contributed by atoms with Crippen molar-refractivity contribution in [1.29, 1.82) is 0 Å². The molecule has 1 fully saturated rings. The van der Waals surface area contributed by atoms with Gasteiger partial charge in [0.05, 0.1) is 5.69 Å². The van der Waals surface area contributed by atoms with E-state index in [9.17, 15) is 4.79 Å². The Labute approximate surface area is 156 Å². The lowest BCUT2D eigenvalue weighted by molar-refractivity contribution is 0.101. The van der Waals surface area contributed by atoms with Crippen LogP contribution in [0.2, 0.25) is 0 Å². The molecule has 26 heavy (non-hydrogen) atoms. The van der Waals surface area contributed by atoms with Gasteiger partial charge in [0.15, 0.2) is 5.78 Å². The summed E-state index contributed by atoms with van der Waals surface area (Å²) in [4.78, 5) is 21.4. The number of aryl methyl sites for hydroxylation is 2. The molecule has 2 aromatic rings. The molecule has 0 unspecified atom stereocenters. The summed E-state index contributed by atoms with van der Waals surface area (Å²) >= 11 is 0. The summed E-state index contributed by atoms with van der Waals surface area (Å²) in [6, 6.07) is 8.27. The lowest BCUT2D eigenvalue weighted by Gasteiger charge is -2.35. The van der Waals surface area contributed by atoms with Gasteiger partial charge in [0.25, 0.3) is 0 Å². The second kappa shape index (κ2) is 8.11. The van der Waals surface area contributed by atoms with Crippen LogP contribution in [0, 0.1) is 20.8 Å². The van der Waals surface area contributed by atoms with Gasteiger partial charge in [0.1, 0.15) is 0 Å². The van der Waals surface area contributed by atoms with Gasteiger partial charge in [-0.2, -0.15) is 0 Å². The van der Waals surface area contributed by atoms with E-state index in [2.05, 4.69) is 40.8 Å². The molecule has 1 aliphatic heterocycles. The lowest BCUT2D eigenvalue weighted by atomic mass is 9.91. The molecule has 138 valence electrons. The van der Waals surface area contributed by atoms with Gasteiger partial charge in [-0.25, -0.2) is 0 Å². The number of ketones is 1. The Morgan fingerprint density at radius 3 is 2.23 bits per heavy atom. The van der Waals surface area contributed by atoms with Crippen molar-refractivity contribution in [3.8, 4) is 0 Å². The van der Waals surface area contributed by atoms with Gasteiger partial charge in [0.2, 0.25) is 0 Å². The van der Waals surface area contributed by atoms with Crippen molar-refractivity contribution in [3.63, 3.8) is 0 Å². The predicted molar refractivity (Wildman–Crippen MR) is 105 cm³/mol. The van der Waals surface area contributed by atoms with E-state index in [-0.39, 0.29) is 5.78 Å². The van der Waals surface area contributed by atoms with Crippen molar-refractivity contribution >= 4 is 5.78 Å². The zero-order chi connectivity index (χ0) is 18.7. The maximum absolute atomic E-state index is 12.0. The van der Waals surface area contributed by atoms with Crippen LogP contribution in [0.3, 0.4) is 0 Å². The van der Waals surface area contributed by atoms with E-state index >= 15 is 0 Å². The molecule has 0 aliphatic carbocycles. The van der Waals surface area contributed by atoms with Gasteiger partial charge in [0, 0.05) is 51.0 Å². The van der Waals surface area contributed by atoms with Crippen LogP contribution in [0.15, 0.2) is 30.5 Å². The summed E-state index contributed by atoms with van der Waals surface area (Å²) < 4.78 is 0. The van der Waals surface area contributed by atoms with Crippen molar-refractivity contribution in [1.82, 2.24) is 14.8 Å². The highest BCUT2D eigenvalue weighted by molar-refractivity contribution is 5.97. The van der Waals surface area contributed by atoms with Gasteiger partial charge < -0.3 is 0 Å². The molecule has 4 nitrogen and oxygen atoms in total. The van der Waals surface area contributed by atoms with Crippen molar-refractivity contribution in [3.05, 3.63) is 64.0 Å². The molecule has 0 bridgehead atoms. The second-order valence-corrected chi connectivity index (χ2v) is 7.42. The molecule has 4 heteroatoms. The molecule has 3 rings (SSSR count). The molecule has 0 saturated carbocycles. The van der Waals surface area contributed by atoms with Crippen molar-refractivity contribution in [2.24, 2.45) is 0 Å². The van der Waals surface area contributed by atoms with Crippen LogP contribution in [0.5, 0.6) is 0 Å². The Morgan fingerprint density at radius 2 is 1.65 bits per heavy atom. The Kier molecular flexibility index (Phi) is 5.84. The lowest BCUT2D eigenvalue weighted by Crippen LogP contribution is -2.45. The summed E-state index contributed by atoms with van der Waals surface area (Å²) in [5.74, 6) is 0.168. The third kappa shape index (κ3) is 4.19. The maximum atomic E-state index is 12.0. The predicted octanol–water partition coefficient (Wildman–Crippen LogP) is 3.53. The van der Waals surface area contributed by atoms with Crippen molar-refractivity contribution in [2.75, 3.05) is 26.2 Å². The van der Waals surface area contributed by atoms with E-state index in [1.165, 1.54) is 11.1 Å². The summed E-state index contributed by atoms with van der Waals surface area (Å²) in [6.07, 6.45) is 1.86. The molecule has 1 aromatic carbocycles. The Morgan fingerprint density at radius 1 is 1.00 bits per heavy atom.